The Morgan fingerprint density at radius 1 is 1.21 bits per heavy atom. The van der Waals surface area contributed by atoms with Crippen LogP contribution in [0.1, 0.15) is 43.5 Å². The summed E-state index contributed by atoms with van der Waals surface area (Å²) in [5.41, 5.74) is 3.79. The largest absolute Gasteiger partial charge is 0.338 e. The van der Waals surface area contributed by atoms with Crippen LogP contribution in [0.5, 0.6) is 0 Å². The van der Waals surface area contributed by atoms with Crippen LogP contribution in [-0.2, 0) is 0 Å². The van der Waals surface area contributed by atoms with Crippen LogP contribution < -0.4 is 10.6 Å². The van der Waals surface area contributed by atoms with E-state index in [1.165, 1.54) is 32.1 Å². The molecule has 0 atom stereocenters. The molecule has 0 radical (unpaired) electrons. The summed E-state index contributed by atoms with van der Waals surface area (Å²) in [6, 6.07) is 9.67. The Morgan fingerprint density at radius 3 is 2.71 bits per heavy atom. The lowest BCUT2D eigenvalue weighted by Gasteiger charge is -2.21. The van der Waals surface area contributed by atoms with Gasteiger partial charge in [0.1, 0.15) is 0 Å². The molecule has 1 aliphatic rings. The molecule has 0 saturated heterocycles. The van der Waals surface area contributed by atoms with Crippen molar-refractivity contribution < 1.29 is 4.79 Å². The lowest BCUT2D eigenvalue weighted by atomic mass is 9.89. The Kier molecular flexibility index (Phi) is 5.18. The number of urea groups is 1. The summed E-state index contributed by atoms with van der Waals surface area (Å²) in [5, 5.41) is 10.4. The Hall–Kier alpha value is -2.30. The number of nitrogens with one attached hydrogen (secondary N) is 2. The number of benzene rings is 1. The lowest BCUT2D eigenvalue weighted by Crippen LogP contribution is -2.33. The quantitative estimate of drug-likeness (QED) is 0.885. The molecule has 0 aliphatic heterocycles. The minimum absolute atomic E-state index is 0.133. The molecular weight excluding hydrogens is 300 g/mol. The second kappa shape index (κ2) is 7.51. The number of carbonyl (C=O) groups is 1. The van der Waals surface area contributed by atoms with Crippen molar-refractivity contribution in [3.63, 3.8) is 0 Å². The number of hydrogen-bond acceptors (Lipinski definition) is 2. The Morgan fingerprint density at radius 2 is 2.00 bits per heavy atom. The summed E-state index contributed by atoms with van der Waals surface area (Å²) in [5.74, 6) is 0.630. The number of hydrogen-bond donors (Lipinski definition) is 2. The van der Waals surface area contributed by atoms with Crippen LogP contribution in [0.25, 0.3) is 5.69 Å². The van der Waals surface area contributed by atoms with Gasteiger partial charge in [-0.1, -0.05) is 25.3 Å². The first-order valence-electron chi connectivity index (χ1n) is 8.80. The number of aromatic nitrogens is 2. The van der Waals surface area contributed by atoms with E-state index in [0.29, 0.717) is 5.92 Å². The molecule has 2 amide bonds. The highest BCUT2D eigenvalue weighted by Gasteiger charge is 2.14. The van der Waals surface area contributed by atoms with Gasteiger partial charge in [0.2, 0.25) is 0 Å². The summed E-state index contributed by atoms with van der Waals surface area (Å²) >= 11 is 0. The van der Waals surface area contributed by atoms with E-state index in [2.05, 4.69) is 15.7 Å². The van der Waals surface area contributed by atoms with Crippen LogP contribution in [0, 0.1) is 19.8 Å². The van der Waals surface area contributed by atoms with E-state index in [9.17, 15) is 4.79 Å². The van der Waals surface area contributed by atoms with Crippen molar-refractivity contribution in [3.8, 4) is 5.69 Å². The molecular formula is C19H26N4O. The van der Waals surface area contributed by atoms with Gasteiger partial charge in [0.15, 0.2) is 0 Å². The van der Waals surface area contributed by atoms with Crippen molar-refractivity contribution in [2.45, 2.75) is 46.0 Å². The summed E-state index contributed by atoms with van der Waals surface area (Å²) in [6.07, 6.45) is 6.38. The number of nitrogens with zero attached hydrogens (tertiary/aromatic N) is 2. The topological polar surface area (TPSA) is 59.0 Å². The molecule has 0 bridgehead atoms. The minimum Gasteiger partial charge on any atom is -0.338 e. The van der Waals surface area contributed by atoms with Gasteiger partial charge in [-0.3, -0.25) is 0 Å². The fourth-order valence-electron chi connectivity index (χ4n) is 3.41. The van der Waals surface area contributed by atoms with Crippen molar-refractivity contribution >= 4 is 11.7 Å². The SMILES string of the molecule is Cc1cc(C)n(-c2cccc(NC(=O)NCC3CCCCC3)c2)n1. The van der Waals surface area contributed by atoms with Crippen LogP contribution in [0.4, 0.5) is 10.5 Å². The third-order valence-corrected chi connectivity index (χ3v) is 4.63. The van der Waals surface area contributed by atoms with E-state index < -0.39 is 0 Å². The predicted molar refractivity (Wildman–Crippen MR) is 96.6 cm³/mol. The molecule has 2 N–H and O–H groups in total. The highest BCUT2D eigenvalue weighted by Crippen LogP contribution is 2.23. The Labute approximate surface area is 143 Å². The number of anilines is 1. The zero-order valence-electron chi connectivity index (χ0n) is 14.5. The predicted octanol–water partition coefficient (Wildman–Crippen LogP) is 4.19. The van der Waals surface area contributed by atoms with Crippen molar-refractivity contribution in [2.75, 3.05) is 11.9 Å². The standard InChI is InChI=1S/C19H26N4O/c1-14-11-15(2)23(22-14)18-10-6-9-17(12-18)21-19(24)20-13-16-7-4-3-5-8-16/h6,9-12,16H,3-5,7-8,13H2,1-2H3,(H2,20,21,24). The maximum absolute atomic E-state index is 12.1. The van der Waals surface area contributed by atoms with E-state index >= 15 is 0 Å². The summed E-state index contributed by atoms with van der Waals surface area (Å²) in [7, 11) is 0. The van der Waals surface area contributed by atoms with Gasteiger partial charge in [0.25, 0.3) is 0 Å². The van der Waals surface area contributed by atoms with Crippen molar-refractivity contribution in [1.82, 2.24) is 15.1 Å². The number of carbonyl (C=O) groups excluding carboxylic acids is 1. The molecule has 1 aliphatic carbocycles. The smallest absolute Gasteiger partial charge is 0.319 e. The van der Waals surface area contributed by atoms with E-state index in [1.807, 2.05) is 48.9 Å². The molecule has 3 rings (SSSR count). The molecule has 128 valence electrons. The normalized spacial score (nSPS) is 15.2. The molecule has 5 nitrogen and oxygen atoms in total. The molecule has 1 heterocycles. The van der Waals surface area contributed by atoms with Crippen LogP contribution in [0.15, 0.2) is 30.3 Å². The van der Waals surface area contributed by atoms with Gasteiger partial charge >= 0.3 is 6.03 Å². The third-order valence-electron chi connectivity index (χ3n) is 4.63. The summed E-state index contributed by atoms with van der Waals surface area (Å²) in [4.78, 5) is 12.1. The summed E-state index contributed by atoms with van der Waals surface area (Å²) in [6.45, 7) is 4.77. The first-order valence-corrected chi connectivity index (χ1v) is 8.80. The lowest BCUT2D eigenvalue weighted by molar-refractivity contribution is 0.247. The molecule has 1 fully saturated rings. The first kappa shape index (κ1) is 16.6. The minimum atomic E-state index is -0.133. The zero-order valence-corrected chi connectivity index (χ0v) is 14.5. The van der Waals surface area contributed by atoms with E-state index in [0.717, 1.165) is 29.3 Å². The molecule has 1 aromatic heterocycles. The summed E-state index contributed by atoms with van der Waals surface area (Å²) < 4.78 is 1.89. The highest BCUT2D eigenvalue weighted by atomic mass is 16.2. The van der Waals surface area contributed by atoms with Crippen LogP contribution >= 0.6 is 0 Å². The van der Waals surface area contributed by atoms with Crippen LogP contribution in [0.2, 0.25) is 0 Å². The maximum atomic E-state index is 12.1. The van der Waals surface area contributed by atoms with Gasteiger partial charge in [-0.25, -0.2) is 9.48 Å². The zero-order chi connectivity index (χ0) is 16.9. The number of rotatable bonds is 4. The average Bonchev–Trinajstić information content (AvgIpc) is 2.93. The molecule has 0 spiro atoms. The first-order chi connectivity index (χ1) is 11.6. The van der Waals surface area contributed by atoms with Gasteiger partial charge in [-0.2, -0.15) is 5.10 Å². The molecule has 1 aromatic carbocycles. The van der Waals surface area contributed by atoms with Crippen LogP contribution in [-0.4, -0.2) is 22.4 Å². The molecule has 2 aromatic rings. The van der Waals surface area contributed by atoms with Crippen LogP contribution in [0.3, 0.4) is 0 Å². The van der Waals surface area contributed by atoms with Gasteiger partial charge < -0.3 is 10.6 Å². The Balaban J connectivity index is 1.59. The van der Waals surface area contributed by atoms with Crippen molar-refractivity contribution in [1.29, 1.82) is 0 Å². The molecule has 0 unspecified atom stereocenters. The van der Waals surface area contributed by atoms with Gasteiger partial charge in [0.05, 0.1) is 11.4 Å². The fourth-order valence-corrected chi connectivity index (χ4v) is 3.41. The molecule has 1 saturated carbocycles. The van der Waals surface area contributed by atoms with Gasteiger partial charge in [0, 0.05) is 17.9 Å². The molecule has 5 heteroatoms. The fraction of sp³-hybridized carbons (Fsp3) is 0.474. The van der Waals surface area contributed by atoms with Crippen molar-refractivity contribution in [2.24, 2.45) is 5.92 Å². The monoisotopic (exact) mass is 326 g/mol. The number of aryl methyl sites for hydroxylation is 2. The van der Waals surface area contributed by atoms with E-state index in [1.54, 1.807) is 0 Å². The second-order valence-corrected chi connectivity index (χ2v) is 6.73. The van der Waals surface area contributed by atoms with Crippen molar-refractivity contribution in [3.05, 3.63) is 41.7 Å². The molecule has 24 heavy (non-hydrogen) atoms. The maximum Gasteiger partial charge on any atom is 0.319 e. The van der Waals surface area contributed by atoms with Gasteiger partial charge in [-0.05, 0) is 56.9 Å². The van der Waals surface area contributed by atoms with Gasteiger partial charge in [-0.15, -0.1) is 0 Å². The van der Waals surface area contributed by atoms with E-state index in [-0.39, 0.29) is 6.03 Å². The average molecular weight is 326 g/mol. The third kappa shape index (κ3) is 4.16. The van der Waals surface area contributed by atoms with E-state index in [4.69, 9.17) is 0 Å². The number of amides is 2. The highest BCUT2D eigenvalue weighted by molar-refractivity contribution is 5.89. The Bertz CT molecular complexity index is 701. The second-order valence-electron chi connectivity index (χ2n) is 6.73.